The second-order valence-electron chi connectivity index (χ2n) is 3.38. The van der Waals surface area contributed by atoms with E-state index in [9.17, 15) is 4.39 Å². The van der Waals surface area contributed by atoms with E-state index in [4.69, 9.17) is 5.73 Å². The maximum absolute atomic E-state index is 13.3. The van der Waals surface area contributed by atoms with Crippen LogP contribution in [0.1, 0.15) is 5.56 Å². The van der Waals surface area contributed by atoms with Crippen LogP contribution in [0.5, 0.6) is 0 Å². The van der Waals surface area contributed by atoms with Crippen molar-refractivity contribution in [2.24, 2.45) is 0 Å². The molecular formula is C12H11FN2. The Labute approximate surface area is 87.6 Å². The second kappa shape index (κ2) is 3.69. The Morgan fingerprint density at radius 3 is 2.73 bits per heavy atom. The molecular weight excluding hydrogens is 191 g/mol. The summed E-state index contributed by atoms with van der Waals surface area (Å²) in [5.74, 6) is -0.226. The van der Waals surface area contributed by atoms with E-state index in [0.717, 1.165) is 11.1 Å². The molecule has 0 amide bonds. The second-order valence-corrected chi connectivity index (χ2v) is 3.38. The van der Waals surface area contributed by atoms with E-state index >= 15 is 0 Å². The molecule has 1 heterocycles. The van der Waals surface area contributed by atoms with Crippen LogP contribution in [0.15, 0.2) is 36.7 Å². The molecule has 0 saturated carbocycles. The first-order valence-electron chi connectivity index (χ1n) is 4.65. The molecule has 0 radical (unpaired) electrons. The fraction of sp³-hybridized carbons (Fsp3) is 0.0833. The van der Waals surface area contributed by atoms with Crippen molar-refractivity contribution >= 4 is 5.69 Å². The maximum Gasteiger partial charge on any atom is 0.126 e. The van der Waals surface area contributed by atoms with Crippen LogP contribution in [0.3, 0.4) is 0 Å². The molecule has 2 N–H and O–H groups in total. The molecule has 0 atom stereocenters. The van der Waals surface area contributed by atoms with E-state index in [0.29, 0.717) is 11.3 Å². The minimum absolute atomic E-state index is 0.226. The van der Waals surface area contributed by atoms with Crippen molar-refractivity contribution in [3.8, 4) is 11.1 Å². The quantitative estimate of drug-likeness (QED) is 0.772. The van der Waals surface area contributed by atoms with Gasteiger partial charge in [0.25, 0.3) is 0 Å². The third-order valence-electron chi connectivity index (χ3n) is 2.41. The van der Waals surface area contributed by atoms with Gasteiger partial charge in [0.2, 0.25) is 0 Å². The van der Waals surface area contributed by atoms with E-state index in [1.165, 1.54) is 6.07 Å². The average Bonchev–Trinajstić information content (AvgIpc) is 2.23. The molecule has 15 heavy (non-hydrogen) atoms. The van der Waals surface area contributed by atoms with Crippen molar-refractivity contribution in [1.29, 1.82) is 0 Å². The van der Waals surface area contributed by atoms with Crippen LogP contribution in [0.25, 0.3) is 11.1 Å². The van der Waals surface area contributed by atoms with Gasteiger partial charge in [-0.1, -0.05) is 12.1 Å². The van der Waals surface area contributed by atoms with Crippen LogP contribution in [-0.2, 0) is 0 Å². The number of halogens is 1. The van der Waals surface area contributed by atoms with E-state index in [1.807, 2.05) is 6.07 Å². The van der Waals surface area contributed by atoms with Crippen LogP contribution in [0.2, 0.25) is 0 Å². The summed E-state index contributed by atoms with van der Waals surface area (Å²) in [6.07, 6.45) is 3.27. The van der Waals surface area contributed by atoms with Gasteiger partial charge in [0, 0.05) is 23.6 Å². The first-order chi connectivity index (χ1) is 7.20. The molecule has 0 fully saturated rings. The Kier molecular flexibility index (Phi) is 2.37. The van der Waals surface area contributed by atoms with Gasteiger partial charge in [-0.2, -0.15) is 0 Å². The van der Waals surface area contributed by atoms with Crippen molar-refractivity contribution < 1.29 is 4.39 Å². The SMILES string of the molecule is Cc1c(F)cccc1-c1cnccc1N. The van der Waals surface area contributed by atoms with Gasteiger partial charge >= 0.3 is 0 Å². The van der Waals surface area contributed by atoms with Crippen LogP contribution >= 0.6 is 0 Å². The third-order valence-corrected chi connectivity index (χ3v) is 2.41. The summed E-state index contributed by atoms with van der Waals surface area (Å²) in [5, 5.41) is 0. The van der Waals surface area contributed by atoms with Crippen LogP contribution in [-0.4, -0.2) is 4.98 Å². The topological polar surface area (TPSA) is 38.9 Å². The zero-order valence-corrected chi connectivity index (χ0v) is 8.37. The Bertz CT molecular complexity index is 495. The Hall–Kier alpha value is -1.90. The molecule has 76 valence electrons. The maximum atomic E-state index is 13.3. The molecule has 1 aromatic heterocycles. The van der Waals surface area contributed by atoms with Gasteiger partial charge in [-0.15, -0.1) is 0 Å². The predicted molar refractivity (Wildman–Crippen MR) is 58.8 cm³/mol. The molecule has 0 bridgehead atoms. The Balaban J connectivity index is 2.65. The molecule has 3 heteroatoms. The number of nitrogens with zero attached hydrogens (tertiary/aromatic N) is 1. The van der Waals surface area contributed by atoms with Crippen LogP contribution in [0, 0.1) is 12.7 Å². The van der Waals surface area contributed by atoms with Gasteiger partial charge in [0.1, 0.15) is 5.82 Å². The van der Waals surface area contributed by atoms with E-state index in [2.05, 4.69) is 4.98 Å². The Morgan fingerprint density at radius 2 is 2.00 bits per heavy atom. The highest BCUT2D eigenvalue weighted by atomic mass is 19.1. The highest BCUT2D eigenvalue weighted by molar-refractivity contribution is 5.77. The zero-order chi connectivity index (χ0) is 10.8. The van der Waals surface area contributed by atoms with Gasteiger partial charge in [0.15, 0.2) is 0 Å². The van der Waals surface area contributed by atoms with Crippen molar-refractivity contribution in [2.45, 2.75) is 6.92 Å². The van der Waals surface area contributed by atoms with Gasteiger partial charge in [0.05, 0.1) is 0 Å². The monoisotopic (exact) mass is 202 g/mol. The minimum atomic E-state index is -0.226. The van der Waals surface area contributed by atoms with Crippen molar-refractivity contribution in [2.75, 3.05) is 5.73 Å². The van der Waals surface area contributed by atoms with E-state index in [-0.39, 0.29) is 5.82 Å². The van der Waals surface area contributed by atoms with Gasteiger partial charge < -0.3 is 5.73 Å². The molecule has 0 unspecified atom stereocenters. The lowest BCUT2D eigenvalue weighted by Crippen LogP contribution is -1.94. The third kappa shape index (κ3) is 1.68. The smallest absolute Gasteiger partial charge is 0.126 e. The van der Waals surface area contributed by atoms with Crippen LogP contribution in [0.4, 0.5) is 10.1 Å². The summed E-state index contributed by atoms with van der Waals surface area (Å²) < 4.78 is 13.3. The summed E-state index contributed by atoms with van der Waals surface area (Å²) in [5.41, 5.74) is 8.58. The normalized spacial score (nSPS) is 10.3. The largest absolute Gasteiger partial charge is 0.398 e. The fourth-order valence-electron chi connectivity index (χ4n) is 1.53. The standard InChI is InChI=1S/C12H11FN2/c1-8-9(3-2-4-11(8)13)10-7-15-6-5-12(10)14/h2-7H,1H3,(H2,14,15). The van der Waals surface area contributed by atoms with E-state index < -0.39 is 0 Å². The summed E-state index contributed by atoms with van der Waals surface area (Å²) in [6.45, 7) is 1.73. The molecule has 0 saturated heterocycles. The van der Waals surface area contributed by atoms with Crippen molar-refractivity contribution in [3.05, 3.63) is 48.0 Å². The number of anilines is 1. The average molecular weight is 202 g/mol. The van der Waals surface area contributed by atoms with Crippen molar-refractivity contribution in [1.82, 2.24) is 4.98 Å². The van der Waals surface area contributed by atoms with Gasteiger partial charge in [-0.3, -0.25) is 4.98 Å². The summed E-state index contributed by atoms with van der Waals surface area (Å²) >= 11 is 0. The number of rotatable bonds is 1. The number of pyridine rings is 1. The molecule has 0 aliphatic carbocycles. The summed E-state index contributed by atoms with van der Waals surface area (Å²) in [4.78, 5) is 3.99. The van der Waals surface area contributed by atoms with Gasteiger partial charge in [-0.25, -0.2) is 4.39 Å². The summed E-state index contributed by atoms with van der Waals surface area (Å²) in [6, 6.07) is 6.65. The lowest BCUT2D eigenvalue weighted by molar-refractivity contribution is 0.619. The molecule has 2 aromatic rings. The lowest BCUT2D eigenvalue weighted by Gasteiger charge is -2.08. The molecule has 0 aliphatic rings. The number of aromatic nitrogens is 1. The first-order valence-corrected chi connectivity index (χ1v) is 4.65. The number of nitrogens with two attached hydrogens (primary N) is 1. The molecule has 2 nitrogen and oxygen atoms in total. The summed E-state index contributed by atoms with van der Waals surface area (Å²) in [7, 11) is 0. The van der Waals surface area contributed by atoms with Gasteiger partial charge in [-0.05, 0) is 30.2 Å². The first kappa shape index (κ1) is 9.65. The predicted octanol–water partition coefficient (Wildman–Crippen LogP) is 2.78. The fourth-order valence-corrected chi connectivity index (χ4v) is 1.53. The molecule has 1 aromatic carbocycles. The molecule has 0 spiro atoms. The number of nitrogen functional groups attached to an aromatic ring is 1. The highest BCUT2D eigenvalue weighted by Crippen LogP contribution is 2.28. The molecule has 0 aliphatic heterocycles. The zero-order valence-electron chi connectivity index (χ0n) is 8.37. The van der Waals surface area contributed by atoms with E-state index in [1.54, 1.807) is 31.5 Å². The number of hydrogen-bond donors (Lipinski definition) is 1. The number of hydrogen-bond acceptors (Lipinski definition) is 2. The Morgan fingerprint density at radius 1 is 1.20 bits per heavy atom. The van der Waals surface area contributed by atoms with Crippen LogP contribution < -0.4 is 5.73 Å². The number of benzene rings is 1. The van der Waals surface area contributed by atoms with Crippen molar-refractivity contribution in [3.63, 3.8) is 0 Å². The lowest BCUT2D eigenvalue weighted by atomic mass is 10.0. The molecule has 2 rings (SSSR count). The highest BCUT2D eigenvalue weighted by Gasteiger charge is 2.08. The minimum Gasteiger partial charge on any atom is -0.398 e.